The molecule has 1 aliphatic rings. The molecule has 0 aliphatic carbocycles. The van der Waals surface area contributed by atoms with Gasteiger partial charge in [0.25, 0.3) is 0 Å². The molecule has 21 heavy (non-hydrogen) atoms. The van der Waals surface area contributed by atoms with E-state index in [0.717, 1.165) is 42.7 Å². The van der Waals surface area contributed by atoms with Crippen molar-refractivity contribution < 1.29 is 0 Å². The van der Waals surface area contributed by atoms with E-state index in [2.05, 4.69) is 55.0 Å². The minimum Gasteiger partial charge on any atom is -0.353 e. The predicted octanol–water partition coefficient (Wildman–Crippen LogP) is 1.51. The fraction of sp³-hybridized carbons (Fsp3) is 0.733. The average Bonchev–Trinajstić information content (AvgIpc) is 2.41. The van der Waals surface area contributed by atoms with Crippen molar-refractivity contribution in [3.05, 3.63) is 11.4 Å². The Morgan fingerprint density at radius 1 is 1.24 bits per heavy atom. The van der Waals surface area contributed by atoms with E-state index in [-0.39, 0.29) is 5.41 Å². The zero-order chi connectivity index (χ0) is 15.8. The smallest absolute Gasteiger partial charge is 0.148 e. The van der Waals surface area contributed by atoms with Crippen LogP contribution in [0.4, 0.5) is 11.6 Å². The van der Waals surface area contributed by atoms with Crippen LogP contribution < -0.4 is 16.2 Å². The van der Waals surface area contributed by atoms with Crippen LogP contribution in [0.5, 0.6) is 0 Å². The number of hydrogen-bond acceptors (Lipinski definition) is 6. The molecule has 1 fully saturated rings. The maximum absolute atomic E-state index is 5.64. The molecule has 1 aromatic heterocycles. The monoisotopic (exact) mass is 292 g/mol. The molecule has 0 bridgehead atoms. The lowest BCUT2D eigenvalue weighted by Gasteiger charge is -2.39. The normalized spacial score (nSPS) is 20.7. The summed E-state index contributed by atoms with van der Waals surface area (Å²) in [6, 6.07) is 0.514. The lowest BCUT2D eigenvalue weighted by molar-refractivity contribution is 0.233. The number of nitrogens with zero attached hydrogens (tertiary/aromatic N) is 4. The zero-order valence-corrected chi connectivity index (χ0v) is 14.1. The van der Waals surface area contributed by atoms with Gasteiger partial charge in [-0.25, -0.2) is 15.8 Å². The van der Waals surface area contributed by atoms with E-state index >= 15 is 0 Å². The van der Waals surface area contributed by atoms with Gasteiger partial charge in [0.05, 0.1) is 0 Å². The van der Waals surface area contributed by atoms with Crippen molar-refractivity contribution in [2.75, 3.05) is 37.0 Å². The van der Waals surface area contributed by atoms with Crippen molar-refractivity contribution in [3.63, 3.8) is 0 Å². The lowest BCUT2D eigenvalue weighted by atomic mass is 9.95. The number of rotatable bonds is 2. The Hall–Kier alpha value is -1.40. The summed E-state index contributed by atoms with van der Waals surface area (Å²) in [5, 5.41) is 0. The first-order valence-corrected chi connectivity index (χ1v) is 7.55. The highest BCUT2D eigenvalue weighted by Gasteiger charge is 2.27. The van der Waals surface area contributed by atoms with Gasteiger partial charge in [0, 0.05) is 36.7 Å². The van der Waals surface area contributed by atoms with Gasteiger partial charge in [0.1, 0.15) is 17.5 Å². The molecule has 1 unspecified atom stereocenters. The molecule has 3 N–H and O–H groups in total. The van der Waals surface area contributed by atoms with Gasteiger partial charge in [-0.3, -0.25) is 0 Å². The fourth-order valence-corrected chi connectivity index (χ4v) is 2.53. The third kappa shape index (κ3) is 3.27. The fourth-order valence-electron chi connectivity index (χ4n) is 2.53. The van der Waals surface area contributed by atoms with Gasteiger partial charge >= 0.3 is 0 Å². The zero-order valence-electron chi connectivity index (χ0n) is 14.1. The highest BCUT2D eigenvalue weighted by molar-refractivity contribution is 5.59. The van der Waals surface area contributed by atoms with Crippen molar-refractivity contribution in [2.24, 2.45) is 5.84 Å². The average molecular weight is 292 g/mol. The first-order valence-electron chi connectivity index (χ1n) is 7.55. The largest absolute Gasteiger partial charge is 0.353 e. The molecule has 0 amide bonds. The first-order chi connectivity index (χ1) is 9.74. The van der Waals surface area contributed by atoms with Crippen LogP contribution in [0.2, 0.25) is 0 Å². The van der Waals surface area contributed by atoms with E-state index in [1.54, 1.807) is 0 Å². The van der Waals surface area contributed by atoms with Crippen molar-refractivity contribution in [1.82, 2.24) is 14.9 Å². The molecule has 6 nitrogen and oxygen atoms in total. The van der Waals surface area contributed by atoms with Gasteiger partial charge in [0.15, 0.2) is 0 Å². The molecule has 1 atom stereocenters. The summed E-state index contributed by atoms with van der Waals surface area (Å²) in [7, 11) is 2.17. The van der Waals surface area contributed by atoms with Crippen LogP contribution in [0.3, 0.4) is 0 Å². The summed E-state index contributed by atoms with van der Waals surface area (Å²) in [6.45, 7) is 13.6. The van der Waals surface area contributed by atoms with Crippen LogP contribution in [-0.4, -0.2) is 47.6 Å². The van der Waals surface area contributed by atoms with E-state index in [1.165, 1.54) is 0 Å². The highest BCUT2D eigenvalue weighted by atomic mass is 15.3. The summed E-state index contributed by atoms with van der Waals surface area (Å²) in [4.78, 5) is 14.1. The van der Waals surface area contributed by atoms with E-state index < -0.39 is 0 Å². The topological polar surface area (TPSA) is 70.3 Å². The first kappa shape index (κ1) is 16.0. The van der Waals surface area contributed by atoms with E-state index in [9.17, 15) is 0 Å². The van der Waals surface area contributed by atoms with Gasteiger partial charge in [-0.1, -0.05) is 20.8 Å². The van der Waals surface area contributed by atoms with Crippen LogP contribution in [0.25, 0.3) is 0 Å². The molecule has 6 heteroatoms. The number of aromatic nitrogens is 2. The van der Waals surface area contributed by atoms with Gasteiger partial charge in [0.2, 0.25) is 0 Å². The van der Waals surface area contributed by atoms with Crippen molar-refractivity contribution >= 4 is 11.6 Å². The number of nitrogens with one attached hydrogen (secondary N) is 1. The molecule has 0 spiro atoms. The van der Waals surface area contributed by atoms with Crippen LogP contribution in [0, 0.1) is 6.92 Å². The Balaban J connectivity index is 2.42. The number of likely N-dealkylation sites (N-methyl/N-ethyl adjacent to an activating group) is 1. The molecule has 0 saturated carbocycles. The van der Waals surface area contributed by atoms with Crippen LogP contribution >= 0.6 is 0 Å². The van der Waals surface area contributed by atoms with Crippen molar-refractivity contribution in [3.8, 4) is 0 Å². The second-order valence-electron chi connectivity index (χ2n) is 7.01. The van der Waals surface area contributed by atoms with Gasteiger partial charge < -0.3 is 15.2 Å². The lowest BCUT2D eigenvalue weighted by Crippen LogP contribution is -2.50. The SMILES string of the molecule is Cc1c(NN)nc(C(C)(C)C)nc1N1CCN(C)C(C)C1. The summed E-state index contributed by atoms with van der Waals surface area (Å²) in [6.07, 6.45) is 0. The molecular formula is C15H28N6. The molecule has 0 aromatic carbocycles. The summed E-state index contributed by atoms with van der Waals surface area (Å²) in [5.74, 6) is 8.19. The van der Waals surface area contributed by atoms with Gasteiger partial charge in [-0.15, -0.1) is 0 Å². The van der Waals surface area contributed by atoms with Crippen LogP contribution in [0.1, 0.15) is 39.1 Å². The molecular weight excluding hydrogens is 264 g/mol. The second kappa shape index (κ2) is 5.77. The maximum Gasteiger partial charge on any atom is 0.148 e. The molecule has 2 rings (SSSR count). The number of hydrogen-bond donors (Lipinski definition) is 2. The Morgan fingerprint density at radius 2 is 1.90 bits per heavy atom. The Kier molecular flexibility index (Phi) is 4.39. The van der Waals surface area contributed by atoms with E-state index in [0.29, 0.717) is 6.04 Å². The van der Waals surface area contributed by atoms with E-state index in [1.807, 2.05) is 6.92 Å². The third-order valence-electron chi connectivity index (χ3n) is 4.19. The summed E-state index contributed by atoms with van der Waals surface area (Å²) < 4.78 is 0. The molecule has 1 saturated heterocycles. The molecule has 2 heterocycles. The summed E-state index contributed by atoms with van der Waals surface area (Å²) in [5.41, 5.74) is 3.63. The summed E-state index contributed by atoms with van der Waals surface area (Å²) >= 11 is 0. The minimum absolute atomic E-state index is 0.105. The second-order valence-corrected chi connectivity index (χ2v) is 7.01. The molecule has 1 aliphatic heterocycles. The predicted molar refractivity (Wildman–Crippen MR) is 87.6 cm³/mol. The molecule has 1 aromatic rings. The van der Waals surface area contributed by atoms with Crippen molar-refractivity contribution in [2.45, 2.75) is 46.1 Å². The van der Waals surface area contributed by atoms with Gasteiger partial charge in [-0.2, -0.15) is 0 Å². The minimum atomic E-state index is -0.105. The van der Waals surface area contributed by atoms with Crippen molar-refractivity contribution in [1.29, 1.82) is 0 Å². The van der Waals surface area contributed by atoms with Gasteiger partial charge in [-0.05, 0) is 20.9 Å². The third-order valence-corrected chi connectivity index (χ3v) is 4.19. The van der Waals surface area contributed by atoms with Crippen LogP contribution in [-0.2, 0) is 5.41 Å². The molecule has 118 valence electrons. The number of hydrazine groups is 1. The van der Waals surface area contributed by atoms with E-state index in [4.69, 9.17) is 10.8 Å². The van der Waals surface area contributed by atoms with Crippen LogP contribution in [0.15, 0.2) is 0 Å². The highest BCUT2D eigenvalue weighted by Crippen LogP contribution is 2.29. The number of nitrogens with two attached hydrogens (primary N) is 1. The number of nitrogen functional groups attached to an aromatic ring is 1. The quantitative estimate of drug-likeness (QED) is 0.636. The molecule has 0 radical (unpaired) electrons. The standard InChI is InChI=1S/C15H28N6/c1-10-9-21(8-7-20(10)6)13-11(2)12(19-16)17-14(18-13)15(3,4)5/h10H,7-9,16H2,1-6H3,(H,17,18,19). The number of piperazine rings is 1. The Morgan fingerprint density at radius 3 is 2.43 bits per heavy atom. The Labute approximate surface area is 127 Å². The maximum atomic E-state index is 5.64. The Bertz CT molecular complexity index is 508. The number of anilines is 2.